The molecule has 0 radical (unpaired) electrons. The Hall–Kier alpha value is -1.82. The number of nitrogens with zero attached hydrogens (tertiary/aromatic N) is 1. The first-order valence-corrected chi connectivity index (χ1v) is 9.80. The van der Waals surface area contributed by atoms with Gasteiger partial charge in [-0.05, 0) is 23.3 Å². The molecule has 2 aromatic heterocycles. The van der Waals surface area contributed by atoms with Gasteiger partial charge in [0, 0.05) is 39.8 Å². The number of aromatic nitrogens is 2. The first-order chi connectivity index (χ1) is 13.4. The number of nitrogens with one attached hydrogen (secondary N) is 1. The molecule has 0 spiro atoms. The van der Waals surface area contributed by atoms with Crippen LogP contribution in [0.1, 0.15) is 11.1 Å². The molecular formula is C20H14Cl4N2O2. The van der Waals surface area contributed by atoms with E-state index in [9.17, 15) is 4.79 Å². The van der Waals surface area contributed by atoms with Gasteiger partial charge < -0.3 is 10.1 Å². The molecule has 4 rings (SSSR count). The maximum Gasteiger partial charge on any atom is 0.255 e. The molecular weight excluding hydrogens is 442 g/mol. The Morgan fingerprint density at radius 2 is 1.54 bits per heavy atom. The second kappa shape index (κ2) is 9.12. The van der Waals surface area contributed by atoms with Crippen molar-refractivity contribution in [3.63, 3.8) is 0 Å². The lowest BCUT2D eigenvalue weighted by atomic mass is 10.1. The minimum Gasteiger partial charge on any atom is -0.392 e. The highest BCUT2D eigenvalue weighted by Crippen LogP contribution is 2.28. The van der Waals surface area contributed by atoms with Gasteiger partial charge in [-0.2, -0.15) is 0 Å². The van der Waals surface area contributed by atoms with Crippen molar-refractivity contribution in [3.8, 4) is 0 Å². The van der Waals surface area contributed by atoms with E-state index < -0.39 is 0 Å². The Kier molecular flexibility index (Phi) is 6.81. The molecule has 2 N–H and O–H groups in total. The average molecular weight is 456 g/mol. The fourth-order valence-corrected chi connectivity index (χ4v) is 3.48. The van der Waals surface area contributed by atoms with Crippen molar-refractivity contribution in [2.24, 2.45) is 0 Å². The molecule has 4 aromatic rings. The monoisotopic (exact) mass is 454 g/mol. The standard InChI is InChI=1S/C10H6Cl3N.C10H8ClNO2/c11-4-6-1-2-7-8(3-6)10(13)14-5-9(7)12;11-9-4-12-10(14)8-3-6(5-13)1-2-7(8)9/h1-3,5H,4H2;1-4,13H,5H2,(H,12,14). The average Bonchev–Trinajstić information content (AvgIpc) is 2.73. The van der Waals surface area contributed by atoms with E-state index in [1.54, 1.807) is 24.4 Å². The predicted molar refractivity (Wildman–Crippen MR) is 117 cm³/mol. The zero-order valence-electron chi connectivity index (χ0n) is 14.3. The van der Waals surface area contributed by atoms with E-state index in [2.05, 4.69) is 9.97 Å². The van der Waals surface area contributed by atoms with Gasteiger partial charge in [0.05, 0.1) is 16.7 Å². The molecule has 0 fully saturated rings. The maximum absolute atomic E-state index is 11.4. The molecule has 8 heteroatoms. The first-order valence-electron chi connectivity index (χ1n) is 8.14. The molecule has 2 aromatic carbocycles. The summed E-state index contributed by atoms with van der Waals surface area (Å²) in [6, 6.07) is 10.9. The van der Waals surface area contributed by atoms with E-state index in [4.69, 9.17) is 51.5 Å². The van der Waals surface area contributed by atoms with E-state index in [1.807, 2.05) is 18.2 Å². The number of aromatic amines is 1. The van der Waals surface area contributed by atoms with Gasteiger partial charge in [0.1, 0.15) is 5.15 Å². The molecule has 0 saturated carbocycles. The van der Waals surface area contributed by atoms with Crippen LogP contribution in [0, 0.1) is 0 Å². The second-order valence-electron chi connectivity index (χ2n) is 5.91. The number of fused-ring (bicyclic) bond motifs is 2. The highest BCUT2D eigenvalue weighted by atomic mass is 35.5. The summed E-state index contributed by atoms with van der Waals surface area (Å²) in [7, 11) is 0. The highest BCUT2D eigenvalue weighted by molar-refractivity contribution is 6.39. The Bertz CT molecular complexity index is 1210. The first kappa shape index (κ1) is 20.9. The van der Waals surface area contributed by atoms with Gasteiger partial charge in [0.15, 0.2) is 0 Å². The number of alkyl halides is 1. The summed E-state index contributed by atoms with van der Waals surface area (Å²) in [5.74, 6) is 0.457. The van der Waals surface area contributed by atoms with Crippen molar-refractivity contribution < 1.29 is 5.11 Å². The SMILES string of the molecule is ClCc1ccc2c(Cl)cnc(Cl)c2c1.O=c1[nH]cc(Cl)c2ccc(CO)cc12. The predicted octanol–water partition coefficient (Wildman–Crippen LogP) is 5.95. The van der Waals surface area contributed by atoms with Crippen molar-refractivity contribution in [2.75, 3.05) is 0 Å². The fourth-order valence-electron chi connectivity index (χ4n) is 2.68. The van der Waals surface area contributed by atoms with Gasteiger partial charge >= 0.3 is 0 Å². The van der Waals surface area contributed by atoms with E-state index in [0.29, 0.717) is 37.4 Å². The third-order valence-corrected chi connectivity index (χ3v) is 5.33. The van der Waals surface area contributed by atoms with Crippen LogP contribution in [0.4, 0.5) is 0 Å². The fraction of sp³-hybridized carbons (Fsp3) is 0.100. The molecule has 0 saturated heterocycles. The number of benzene rings is 2. The maximum atomic E-state index is 11.4. The molecule has 0 bridgehead atoms. The molecule has 144 valence electrons. The van der Waals surface area contributed by atoms with Crippen LogP contribution in [0.3, 0.4) is 0 Å². The van der Waals surface area contributed by atoms with Crippen LogP contribution < -0.4 is 5.56 Å². The molecule has 4 nitrogen and oxygen atoms in total. The number of aliphatic hydroxyl groups excluding tert-OH is 1. The summed E-state index contributed by atoms with van der Waals surface area (Å²) >= 11 is 23.5. The summed E-state index contributed by atoms with van der Waals surface area (Å²) in [4.78, 5) is 17.9. The molecule has 0 atom stereocenters. The summed E-state index contributed by atoms with van der Waals surface area (Å²) in [5, 5.41) is 13.4. The molecule has 0 unspecified atom stereocenters. The lowest BCUT2D eigenvalue weighted by Gasteiger charge is -2.03. The molecule has 2 heterocycles. The van der Waals surface area contributed by atoms with Crippen molar-refractivity contribution in [2.45, 2.75) is 12.5 Å². The van der Waals surface area contributed by atoms with Gasteiger partial charge in [-0.15, -0.1) is 11.6 Å². The number of pyridine rings is 2. The molecule has 0 aliphatic carbocycles. The van der Waals surface area contributed by atoms with Crippen LogP contribution in [0.15, 0.2) is 53.6 Å². The van der Waals surface area contributed by atoms with Crippen LogP contribution in [0.25, 0.3) is 21.5 Å². The Balaban J connectivity index is 0.000000161. The van der Waals surface area contributed by atoms with Crippen molar-refractivity contribution in [3.05, 3.63) is 85.5 Å². The van der Waals surface area contributed by atoms with E-state index in [0.717, 1.165) is 16.3 Å². The largest absolute Gasteiger partial charge is 0.392 e. The normalized spacial score (nSPS) is 10.8. The minimum atomic E-state index is -0.195. The van der Waals surface area contributed by atoms with Gasteiger partial charge in [-0.1, -0.05) is 59.1 Å². The van der Waals surface area contributed by atoms with E-state index >= 15 is 0 Å². The number of hydrogen-bond donors (Lipinski definition) is 2. The van der Waals surface area contributed by atoms with E-state index in [1.165, 1.54) is 6.20 Å². The number of halogens is 4. The summed E-state index contributed by atoms with van der Waals surface area (Å²) < 4.78 is 0. The number of aliphatic hydroxyl groups is 1. The zero-order valence-corrected chi connectivity index (χ0v) is 17.4. The van der Waals surface area contributed by atoms with Gasteiger partial charge in [0.25, 0.3) is 5.56 Å². The van der Waals surface area contributed by atoms with Gasteiger partial charge in [-0.25, -0.2) is 4.98 Å². The van der Waals surface area contributed by atoms with Gasteiger partial charge in [0.2, 0.25) is 0 Å². The van der Waals surface area contributed by atoms with Crippen LogP contribution >= 0.6 is 46.4 Å². The number of rotatable bonds is 2. The quantitative estimate of drug-likeness (QED) is 0.289. The minimum absolute atomic E-state index is 0.0815. The van der Waals surface area contributed by atoms with Crippen LogP contribution in [-0.2, 0) is 12.5 Å². The van der Waals surface area contributed by atoms with Crippen molar-refractivity contribution in [1.29, 1.82) is 0 Å². The van der Waals surface area contributed by atoms with Crippen molar-refractivity contribution in [1.82, 2.24) is 9.97 Å². The number of H-pyrrole nitrogens is 1. The Morgan fingerprint density at radius 1 is 0.893 bits per heavy atom. The Morgan fingerprint density at radius 3 is 2.21 bits per heavy atom. The summed E-state index contributed by atoms with van der Waals surface area (Å²) in [5.41, 5.74) is 1.51. The van der Waals surface area contributed by atoms with Crippen LogP contribution in [0.2, 0.25) is 15.2 Å². The highest BCUT2D eigenvalue weighted by Gasteiger charge is 2.05. The van der Waals surface area contributed by atoms with Crippen molar-refractivity contribution >= 4 is 67.9 Å². The third-order valence-electron chi connectivity index (χ3n) is 4.11. The second-order valence-corrected chi connectivity index (χ2v) is 7.35. The zero-order chi connectivity index (χ0) is 20.3. The smallest absolute Gasteiger partial charge is 0.255 e. The third kappa shape index (κ3) is 4.43. The molecule has 0 amide bonds. The molecule has 0 aliphatic rings. The topological polar surface area (TPSA) is 66.0 Å². The summed E-state index contributed by atoms with van der Waals surface area (Å²) in [6.45, 7) is -0.0815. The van der Waals surface area contributed by atoms with Gasteiger partial charge in [-0.3, -0.25) is 4.79 Å². The summed E-state index contributed by atoms with van der Waals surface area (Å²) in [6.07, 6.45) is 3.01. The van der Waals surface area contributed by atoms with Crippen LogP contribution in [0.5, 0.6) is 0 Å². The lowest BCUT2D eigenvalue weighted by molar-refractivity contribution is 0.282. The Labute approximate surface area is 180 Å². The molecule has 0 aliphatic heterocycles. The molecule has 28 heavy (non-hydrogen) atoms. The van der Waals surface area contributed by atoms with E-state index in [-0.39, 0.29) is 12.2 Å². The number of hydrogen-bond acceptors (Lipinski definition) is 3. The lowest BCUT2D eigenvalue weighted by Crippen LogP contribution is -2.05. The van der Waals surface area contributed by atoms with Crippen LogP contribution in [-0.4, -0.2) is 15.1 Å².